The predicted molar refractivity (Wildman–Crippen MR) is 122 cm³/mol. The molecule has 0 atom stereocenters. The number of hydrogen-bond acceptors (Lipinski definition) is 5. The molecule has 0 bridgehead atoms. The third-order valence-electron chi connectivity index (χ3n) is 4.69. The first-order valence-electron chi connectivity index (χ1n) is 9.29. The van der Waals surface area contributed by atoms with Crippen LogP contribution in [0.1, 0.15) is 25.0 Å². The van der Waals surface area contributed by atoms with Gasteiger partial charge in [0.25, 0.3) is 5.91 Å². The van der Waals surface area contributed by atoms with E-state index in [-0.39, 0.29) is 5.91 Å². The summed E-state index contributed by atoms with van der Waals surface area (Å²) in [5, 5.41) is 0. The first kappa shape index (κ1) is 20.4. The number of methoxy groups -OCH3 is 1. The zero-order chi connectivity index (χ0) is 20.1. The van der Waals surface area contributed by atoms with Gasteiger partial charge in [-0.25, -0.2) is 0 Å². The van der Waals surface area contributed by atoms with Crippen LogP contribution in [0.25, 0.3) is 6.08 Å². The highest BCUT2D eigenvalue weighted by Gasteiger charge is 2.31. The number of thioether (sulfide) groups is 1. The van der Waals surface area contributed by atoms with E-state index in [4.69, 9.17) is 17.0 Å². The maximum absolute atomic E-state index is 12.8. The van der Waals surface area contributed by atoms with E-state index >= 15 is 0 Å². The molecule has 1 saturated heterocycles. The minimum absolute atomic E-state index is 0.0429. The zero-order valence-electron chi connectivity index (χ0n) is 16.3. The average Bonchev–Trinajstić information content (AvgIpc) is 2.98. The quantitative estimate of drug-likeness (QED) is 0.475. The van der Waals surface area contributed by atoms with Crippen molar-refractivity contribution >= 4 is 46.0 Å². The molecule has 2 aromatic rings. The van der Waals surface area contributed by atoms with Crippen LogP contribution in [0.5, 0.6) is 5.75 Å². The fourth-order valence-electron chi connectivity index (χ4n) is 3.07. The summed E-state index contributed by atoms with van der Waals surface area (Å²) in [5.74, 6) is 0.751. The Morgan fingerprint density at radius 1 is 1.07 bits per heavy atom. The molecule has 4 nitrogen and oxygen atoms in total. The van der Waals surface area contributed by atoms with Crippen molar-refractivity contribution < 1.29 is 9.53 Å². The molecule has 0 unspecified atom stereocenters. The second-order valence-corrected chi connectivity index (χ2v) is 8.06. The Labute approximate surface area is 176 Å². The Morgan fingerprint density at radius 2 is 1.71 bits per heavy atom. The molecule has 146 valence electrons. The van der Waals surface area contributed by atoms with Gasteiger partial charge in [0.15, 0.2) is 0 Å². The number of nitrogens with zero attached hydrogens (tertiary/aromatic N) is 2. The lowest BCUT2D eigenvalue weighted by atomic mass is 10.1. The third-order valence-corrected chi connectivity index (χ3v) is 6.07. The van der Waals surface area contributed by atoms with Gasteiger partial charge in [0.1, 0.15) is 10.1 Å². The highest BCUT2D eigenvalue weighted by Crippen LogP contribution is 2.34. The van der Waals surface area contributed by atoms with Gasteiger partial charge in [0, 0.05) is 18.8 Å². The van der Waals surface area contributed by atoms with Crippen LogP contribution in [-0.4, -0.2) is 35.3 Å². The van der Waals surface area contributed by atoms with E-state index in [1.54, 1.807) is 12.0 Å². The van der Waals surface area contributed by atoms with Crippen molar-refractivity contribution in [3.63, 3.8) is 0 Å². The summed E-state index contributed by atoms with van der Waals surface area (Å²) in [5.41, 5.74) is 3.21. The molecule has 0 aromatic heterocycles. The minimum Gasteiger partial charge on any atom is -0.497 e. The largest absolute Gasteiger partial charge is 0.497 e. The lowest BCUT2D eigenvalue weighted by Crippen LogP contribution is -2.27. The lowest BCUT2D eigenvalue weighted by Gasteiger charge is -2.20. The molecule has 6 heteroatoms. The van der Waals surface area contributed by atoms with Crippen LogP contribution in [0, 0.1) is 0 Å². The molecule has 1 fully saturated rings. The predicted octanol–water partition coefficient (Wildman–Crippen LogP) is 4.94. The smallest absolute Gasteiger partial charge is 0.266 e. The molecule has 1 heterocycles. The average molecular weight is 413 g/mol. The van der Waals surface area contributed by atoms with E-state index in [1.807, 2.05) is 42.5 Å². The second kappa shape index (κ2) is 9.26. The molecule has 0 saturated carbocycles. The summed E-state index contributed by atoms with van der Waals surface area (Å²) >= 11 is 6.80. The first-order chi connectivity index (χ1) is 13.5. The Bertz CT molecular complexity index is 872. The van der Waals surface area contributed by atoms with Gasteiger partial charge in [-0.1, -0.05) is 48.2 Å². The van der Waals surface area contributed by atoms with Crippen LogP contribution in [0.15, 0.2) is 53.4 Å². The number of rotatable bonds is 7. The number of amides is 1. The molecular weight excluding hydrogens is 388 g/mol. The molecule has 1 aliphatic rings. The molecule has 0 spiro atoms. The molecule has 2 aromatic carbocycles. The molecule has 0 radical (unpaired) electrons. The first-order valence-corrected chi connectivity index (χ1v) is 10.5. The minimum atomic E-state index is -0.0429. The molecule has 28 heavy (non-hydrogen) atoms. The van der Waals surface area contributed by atoms with Gasteiger partial charge < -0.3 is 9.64 Å². The summed E-state index contributed by atoms with van der Waals surface area (Å²) in [7, 11) is 1.64. The summed E-state index contributed by atoms with van der Waals surface area (Å²) in [4.78, 5) is 17.4. The second-order valence-electron chi connectivity index (χ2n) is 6.38. The maximum Gasteiger partial charge on any atom is 0.266 e. The van der Waals surface area contributed by atoms with Crippen LogP contribution in [0.4, 0.5) is 5.69 Å². The number of benzene rings is 2. The number of anilines is 1. The van der Waals surface area contributed by atoms with E-state index in [1.165, 1.54) is 17.4 Å². The molecular formula is C22H24N2O2S2. The van der Waals surface area contributed by atoms with Gasteiger partial charge in [-0.2, -0.15) is 0 Å². The van der Waals surface area contributed by atoms with E-state index in [9.17, 15) is 4.79 Å². The Balaban J connectivity index is 1.73. The van der Waals surface area contributed by atoms with Crippen LogP contribution in [-0.2, 0) is 11.3 Å². The molecule has 0 N–H and O–H groups in total. The SMILES string of the molecule is CCN(CC)c1ccc(C=C2SC(=S)N(Cc3ccc(OC)cc3)C2=O)cc1. The van der Waals surface area contributed by atoms with E-state index in [2.05, 4.69) is 30.9 Å². The Kier molecular flexibility index (Phi) is 6.75. The monoisotopic (exact) mass is 412 g/mol. The highest BCUT2D eigenvalue weighted by atomic mass is 32.2. The summed E-state index contributed by atoms with van der Waals surface area (Å²) in [6, 6.07) is 16.0. The summed E-state index contributed by atoms with van der Waals surface area (Å²) < 4.78 is 5.77. The molecule has 1 aliphatic heterocycles. The van der Waals surface area contributed by atoms with Crippen LogP contribution in [0.3, 0.4) is 0 Å². The Hall–Kier alpha value is -2.31. The maximum atomic E-state index is 12.8. The number of thiocarbonyl (C=S) groups is 1. The number of ether oxygens (including phenoxy) is 1. The van der Waals surface area contributed by atoms with Gasteiger partial charge in [-0.15, -0.1) is 0 Å². The van der Waals surface area contributed by atoms with Crippen LogP contribution in [0.2, 0.25) is 0 Å². The van der Waals surface area contributed by atoms with Crippen molar-refractivity contribution in [3.05, 3.63) is 64.6 Å². The van der Waals surface area contributed by atoms with E-state index < -0.39 is 0 Å². The van der Waals surface area contributed by atoms with Crippen molar-refractivity contribution in [2.45, 2.75) is 20.4 Å². The topological polar surface area (TPSA) is 32.8 Å². The summed E-state index contributed by atoms with van der Waals surface area (Å²) in [6.45, 7) is 6.70. The van der Waals surface area contributed by atoms with Gasteiger partial charge >= 0.3 is 0 Å². The van der Waals surface area contributed by atoms with Crippen molar-refractivity contribution in [1.29, 1.82) is 0 Å². The van der Waals surface area contributed by atoms with Crippen LogP contribution >= 0.6 is 24.0 Å². The third kappa shape index (κ3) is 4.56. The standard InChI is InChI=1S/C22H24N2O2S2/c1-4-23(5-2)18-10-6-16(7-11-18)14-20-21(25)24(22(27)28-20)15-17-8-12-19(26-3)13-9-17/h6-14H,4-5,15H2,1-3H3. The van der Waals surface area contributed by atoms with Gasteiger partial charge in [-0.3, -0.25) is 9.69 Å². The molecule has 1 amide bonds. The molecule has 0 aliphatic carbocycles. The normalized spacial score (nSPS) is 15.4. The van der Waals surface area contributed by atoms with Gasteiger partial charge in [0.05, 0.1) is 18.6 Å². The van der Waals surface area contributed by atoms with Gasteiger partial charge in [-0.05, 0) is 55.3 Å². The van der Waals surface area contributed by atoms with Crippen molar-refractivity contribution in [1.82, 2.24) is 4.90 Å². The highest BCUT2D eigenvalue weighted by molar-refractivity contribution is 8.26. The van der Waals surface area contributed by atoms with Crippen LogP contribution < -0.4 is 9.64 Å². The number of carbonyl (C=O) groups excluding carboxylic acids is 1. The summed E-state index contributed by atoms with van der Waals surface area (Å²) in [6.07, 6.45) is 1.92. The zero-order valence-corrected chi connectivity index (χ0v) is 18.0. The fourth-order valence-corrected chi connectivity index (χ4v) is 4.33. The number of hydrogen-bond donors (Lipinski definition) is 0. The molecule has 3 rings (SSSR count). The number of carbonyl (C=O) groups is 1. The van der Waals surface area contributed by atoms with Crippen molar-refractivity contribution in [2.24, 2.45) is 0 Å². The van der Waals surface area contributed by atoms with Crippen molar-refractivity contribution in [2.75, 3.05) is 25.1 Å². The lowest BCUT2D eigenvalue weighted by molar-refractivity contribution is -0.122. The fraction of sp³-hybridized carbons (Fsp3) is 0.273. The van der Waals surface area contributed by atoms with Crippen molar-refractivity contribution in [3.8, 4) is 5.75 Å². The Morgan fingerprint density at radius 3 is 2.29 bits per heavy atom. The van der Waals surface area contributed by atoms with Gasteiger partial charge in [0.2, 0.25) is 0 Å². The van der Waals surface area contributed by atoms with E-state index in [0.717, 1.165) is 30.0 Å². The van der Waals surface area contributed by atoms with E-state index in [0.29, 0.717) is 15.8 Å².